The van der Waals surface area contributed by atoms with E-state index < -0.39 is 0 Å². The monoisotopic (exact) mass is 288 g/mol. The van der Waals surface area contributed by atoms with Crippen LogP contribution in [0.15, 0.2) is 59.3 Å². The molecule has 0 N–H and O–H groups in total. The van der Waals surface area contributed by atoms with E-state index in [1.807, 2.05) is 55.5 Å². The molecule has 4 aromatic rings. The molecule has 5 heteroatoms. The number of fused-ring (bicyclic) bond motifs is 1. The van der Waals surface area contributed by atoms with E-state index >= 15 is 0 Å². The molecule has 0 aliphatic heterocycles. The van der Waals surface area contributed by atoms with Crippen molar-refractivity contribution in [2.45, 2.75) is 6.92 Å². The first-order valence-electron chi connectivity index (χ1n) is 6.92. The van der Waals surface area contributed by atoms with Gasteiger partial charge < -0.3 is 4.52 Å². The standard InChI is InChI=1S/C17H12N4O/c1-11-10-13(8-9-18-11)17-20-16(21-22-17)15-7-6-12-4-2-3-5-14(12)19-15/h2-10H,1H3. The molecule has 3 heterocycles. The quantitative estimate of drug-likeness (QED) is 0.563. The van der Waals surface area contributed by atoms with E-state index in [2.05, 4.69) is 20.1 Å². The van der Waals surface area contributed by atoms with E-state index in [9.17, 15) is 0 Å². The third-order valence-electron chi connectivity index (χ3n) is 3.40. The van der Waals surface area contributed by atoms with E-state index in [1.165, 1.54) is 0 Å². The summed E-state index contributed by atoms with van der Waals surface area (Å²) in [5.41, 5.74) is 3.36. The Bertz CT molecular complexity index is 961. The minimum absolute atomic E-state index is 0.468. The summed E-state index contributed by atoms with van der Waals surface area (Å²) in [5.74, 6) is 0.950. The van der Waals surface area contributed by atoms with E-state index in [1.54, 1.807) is 6.20 Å². The summed E-state index contributed by atoms with van der Waals surface area (Å²) in [6.45, 7) is 1.92. The van der Waals surface area contributed by atoms with Gasteiger partial charge in [0.05, 0.1) is 5.52 Å². The Labute approximate surface area is 126 Å². The Morgan fingerprint density at radius 2 is 1.86 bits per heavy atom. The van der Waals surface area contributed by atoms with Gasteiger partial charge >= 0.3 is 0 Å². The maximum atomic E-state index is 5.34. The molecule has 0 saturated heterocycles. The molecule has 0 fully saturated rings. The summed E-state index contributed by atoms with van der Waals surface area (Å²) in [4.78, 5) is 13.2. The molecule has 5 nitrogen and oxygen atoms in total. The fraction of sp³-hybridized carbons (Fsp3) is 0.0588. The Hall–Kier alpha value is -3.08. The lowest BCUT2D eigenvalue weighted by atomic mass is 10.2. The van der Waals surface area contributed by atoms with Crippen molar-refractivity contribution in [1.82, 2.24) is 20.1 Å². The molecular formula is C17H12N4O. The number of aryl methyl sites for hydroxylation is 1. The van der Waals surface area contributed by atoms with Gasteiger partial charge in [0.1, 0.15) is 5.69 Å². The molecule has 22 heavy (non-hydrogen) atoms. The van der Waals surface area contributed by atoms with Crippen LogP contribution in [-0.4, -0.2) is 20.1 Å². The topological polar surface area (TPSA) is 64.7 Å². The predicted octanol–water partition coefficient (Wildman–Crippen LogP) is 3.66. The zero-order valence-electron chi connectivity index (χ0n) is 11.9. The van der Waals surface area contributed by atoms with Crippen molar-refractivity contribution in [3.63, 3.8) is 0 Å². The Balaban J connectivity index is 1.76. The molecule has 0 amide bonds. The number of pyridine rings is 2. The third-order valence-corrected chi connectivity index (χ3v) is 3.40. The van der Waals surface area contributed by atoms with Gasteiger partial charge in [0.25, 0.3) is 5.89 Å². The fourth-order valence-electron chi connectivity index (χ4n) is 2.31. The van der Waals surface area contributed by atoms with Crippen molar-refractivity contribution < 1.29 is 4.52 Å². The number of benzene rings is 1. The van der Waals surface area contributed by atoms with E-state index in [0.29, 0.717) is 17.4 Å². The van der Waals surface area contributed by atoms with Crippen molar-refractivity contribution in [3.05, 3.63) is 60.4 Å². The minimum Gasteiger partial charge on any atom is -0.334 e. The Morgan fingerprint density at radius 1 is 0.955 bits per heavy atom. The average molecular weight is 288 g/mol. The van der Waals surface area contributed by atoms with Crippen molar-refractivity contribution in [1.29, 1.82) is 0 Å². The van der Waals surface area contributed by atoms with Crippen molar-refractivity contribution in [2.24, 2.45) is 0 Å². The second-order valence-electron chi connectivity index (χ2n) is 5.00. The van der Waals surface area contributed by atoms with E-state index in [4.69, 9.17) is 4.52 Å². The first-order chi connectivity index (χ1) is 10.8. The summed E-state index contributed by atoms with van der Waals surface area (Å²) in [7, 11) is 0. The molecule has 0 aliphatic rings. The molecule has 0 unspecified atom stereocenters. The highest BCUT2D eigenvalue weighted by atomic mass is 16.5. The highest BCUT2D eigenvalue weighted by molar-refractivity contribution is 5.80. The van der Waals surface area contributed by atoms with E-state index in [-0.39, 0.29) is 0 Å². The number of rotatable bonds is 2. The molecule has 3 aromatic heterocycles. The van der Waals surface area contributed by atoms with Crippen LogP contribution in [0.2, 0.25) is 0 Å². The molecular weight excluding hydrogens is 276 g/mol. The molecule has 106 valence electrons. The normalized spacial score (nSPS) is 11.0. The van der Waals surface area contributed by atoms with Crippen molar-refractivity contribution in [2.75, 3.05) is 0 Å². The smallest absolute Gasteiger partial charge is 0.258 e. The number of hydrogen-bond donors (Lipinski definition) is 0. The number of nitrogens with zero attached hydrogens (tertiary/aromatic N) is 4. The van der Waals surface area contributed by atoms with Crippen LogP contribution < -0.4 is 0 Å². The SMILES string of the molecule is Cc1cc(-c2nc(-c3ccc4ccccc4n3)no2)ccn1. The van der Waals surface area contributed by atoms with Crippen LogP contribution in [-0.2, 0) is 0 Å². The summed E-state index contributed by atoms with van der Waals surface area (Å²) in [6, 6.07) is 15.6. The molecule has 0 spiro atoms. The van der Waals surface area contributed by atoms with Crippen LogP contribution in [0, 0.1) is 6.92 Å². The van der Waals surface area contributed by atoms with Gasteiger partial charge in [-0.2, -0.15) is 4.98 Å². The summed E-state index contributed by atoms with van der Waals surface area (Å²) < 4.78 is 5.34. The minimum atomic E-state index is 0.468. The van der Waals surface area contributed by atoms with E-state index in [0.717, 1.165) is 22.2 Å². The van der Waals surface area contributed by atoms with Crippen LogP contribution in [0.5, 0.6) is 0 Å². The van der Waals surface area contributed by atoms with Gasteiger partial charge in [0.15, 0.2) is 0 Å². The first-order valence-corrected chi connectivity index (χ1v) is 6.92. The molecule has 4 rings (SSSR count). The lowest BCUT2D eigenvalue weighted by Crippen LogP contribution is -1.87. The maximum absolute atomic E-state index is 5.34. The number of hydrogen-bond acceptors (Lipinski definition) is 5. The molecule has 0 bridgehead atoms. The first kappa shape index (κ1) is 12.6. The number of para-hydroxylation sites is 1. The third kappa shape index (κ3) is 2.22. The van der Waals surface area contributed by atoms with Crippen molar-refractivity contribution in [3.8, 4) is 23.0 Å². The largest absolute Gasteiger partial charge is 0.334 e. The van der Waals surface area contributed by atoms with Gasteiger partial charge in [-0.25, -0.2) is 4.98 Å². The second-order valence-corrected chi connectivity index (χ2v) is 5.00. The lowest BCUT2D eigenvalue weighted by Gasteiger charge is -1.98. The maximum Gasteiger partial charge on any atom is 0.258 e. The van der Waals surface area contributed by atoms with Crippen LogP contribution in [0.1, 0.15) is 5.69 Å². The van der Waals surface area contributed by atoms with Gasteiger partial charge in [-0.3, -0.25) is 4.98 Å². The van der Waals surface area contributed by atoms with Gasteiger partial charge in [-0.05, 0) is 31.2 Å². The highest BCUT2D eigenvalue weighted by Crippen LogP contribution is 2.22. The summed E-state index contributed by atoms with van der Waals surface area (Å²) in [6.07, 6.45) is 1.73. The van der Waals surface area contributed by atoms with Gasteiger partial charge in [-0.15, -0.1) is 0 Å². The highest BCUT2D eigenvalue weighted by Gasteiger charge is 2.12. The summed E-state index contributed by atoms with van der Waals surface area (Å²) >= 11 is 0. The Morgan fingerprint density at radius 3 is 2.77 bits per heavy atom. The van der Waals surface area contributed by atoms with Gasteiger partial charge in [-0.1, -0.05) is 29.4 Å². The molecule has 0 saturated carbocycles. The second kappa shape index (κ2) is 5.04. The van der Waals surface area contributed by atoms with Gasteiger partial charge in [0.2, 0.25) is 5.82 Å². The van der Waals surface area contributed by atoms with Crippen LogP contribution in [0.25, 0.3) is 33.9 Å². The predicted molar refractivity (Wildman–Crippen MR) is 83.0 cm³/mol. The zero-order chi connectivity index (χ0) is 14.9. The average Bonchev–Trinajstić information content (AvgIpc) is 3.04. The lowest BCUT2D eigenvalue weighted by molar-refractivity contribution is 0.432. The molecule has 0 radical (unpaired) electrons. The van der Waals surface area contributed by atoms with Crippen LogP contribution in [0.3, 0.4) is 0 Å². The van der Waals surface area contributed by atoms with Crippen LogP contribution in [0.4, 0.5) is 0 Å². The molecule has 1 aromatic carbocycles. The molecule has 0 atom stereocenters. The zero-order valence-corrected chi connectivity index (χ0v) is 11.9. The molecule has 0 aliphatic carbocycles. The van der Waals surface area contributed by atoms with Crippen LogP contribution >= 0.6 is 0 Å². The summed E-state index contributed by atoms with van der Waals surface area (Å²) in [5, 5.41) is 5.11. The van der Waals surface area contributed by atoms with Gasteiger partial charge in [0, 0.05) is 22.8 Å². The number of aromatic nitrogens is 4. The van der Waals surface area contributed by atoms with Crippen molar-refractivity contribution >= 4 is 10.9 Å². The fourth-order valence-corrected chi connectivity index (χ4v) is 2.31. The Kier molecular flexibility index (Phi) is 2.89.